The Morgan fingerprint density at radius 1 is 1.15 bits per heavy atom. The van der Waals surface area contributed by atoms with Crippen LogP contribution in [0.25, 0.3) is 0 Å². The molecule has 2 aromatic carbocycles. The molecule has 0 heterocycles. The van der Waals surface area contributed by atoms with E-state index >= 15 is 0 Å². The number of amides is 1. The second kappa shape index (κ2) is 7.10. The van der Waals surface area contributed by atoms with Crippen molar-refractivity contribution in [3.63, 3.8) is 0 Å². The van der Waals surface area contributed by atoms with E-state index in [0.717, 1.165) is 10.5 Å². The Morgan fingerprint density at radius 2 is 1.80 bits per heavy atom. The van der Waals surface area contributed by atoms with Crippen LogP contribution in [0.5, 0.6) is 0 Å². The van der Waals surface area contributed by atoms with Gasteiger partial charge in [0.05, 0.1) is 11.8 Å². The van der Waals surface area contributed by atoms with Crippen LogP contribution in [0.2, 0.25) is 0 Å². The molecule has 0 unspecified atom stereocenters. The molecule has 0 aromatic heterocycles. The molecule has 0 spiro atoms. The first-order chi connectivity index (χ1) is 9.65. The van der Waals surface area contributed by atoms with E-state index < -0.39 is 0 Å². The zero-order valence-corrected chi connectivity index (χ0v) is 12.0. The standard InChI is InChI=1S/C16H16FNOS/c1-12(13-5-3-2-4-6-13)18-16(19)11-20-15-9-7-14(17)8-10-15/h2-10,12H,11H2,1H3,(H,18,19)/t12-/m1/s1. The summed E-state index contributed by atoms with van der Waals surface area (Å²) >= 11 is 1.40. The first-order valence-corrected chi connectivity index (χ1v) is 7.36. The van der Waals surface area contributed by atoms with Crippen LogP contribution in [-0.4, -0.2) is 11.7 Å². The van der Waals surface area contributed by atoms with E-state index in [1.54, 1.807) is 12.1 Å². The summed E-state index contributed by atoms with van der Waals surface area (Å²) in [6, 6.07) is 15.9. The van der Waals surface area contributed by atoms with Crippen molar-refractivity contribution in [3.05, 3.63) is 66.0 Å². The Hall–Kier alpha value is -1.81. The average molecular weight is 289 g/mol. The van der Waals surface area contributed by atoms with E-state index in [-0.39, 0.29) is 17.8 Å². The largest absolute Gasteiger partial charge is 0.349 e. The number of halogens is 1. The van der Waals surface area contributed by atoms with E-state index in [2.05, 4.69) is 5.32 Å². The number of hydrogen-bond acceptors (Lipinski definition) is 2. The van der Waals surface area contributed by atoms with Gasteiger partial charge in [0.2, 0.25) is 5.91 Å². The van der Waals surface area contributed by atoms with Gasteiger partial charge in [-0.15, -0.1) is 11.8 Å². The van der Waals surface area contributed by atoms with Crippen molar-refractivity contribution in [2.75, 3.05) is 5.75 Å². The van der Waals surface area contributed by atoms with Crippen molar-refractivity contribution in [2.24, 2.45) is 0 Å². The predicted molar refractivity (Wildman–Crippen MR) is 80.1 cm³/mol. The van der Waals surface area contributed by atoms with Gasteiger partial charge in [0.25, 0.3) is 0 Å². The van der Waals surface area contributed by atoms with Gasteiger partial charge in [-0.05, 0) is 36.8 Å². The van der Waals surface area contributed by atoms with E-state index in [4.69, 9.17) is 0 Å². The number of hydrogen-bond donors (Lipinski definition) is 1. The molecule has 0 saturated heterocycles. The zero-order chi connectivity index (χ0) is 14.4. The molecule has 0 aliphatic heterocycles. The third-order valence-corrected chi connectivity index (χ3v) is 3.87. The maximum absolute atomic E-state index is 12.8. The lowest BCUT2D eigenvalue weighted by Gasteiger charge is -2.14. The summed E-state index contributed by atoms with van der Waals surface area (Å²) in [5, 5.41) is 2.94. The average Bonchev–Trinajstić information content (AvgIpc) is 2.47. The van der Waals surface area contributed by atoms with Crippen LogP contribution in [0.4, 0.5) is 4.39 Å². The molecule has 0 aliphatic rings. The first kappa shape index (κ1) is 14.6. The summed E-state index contributed by atoms with van der Waals surface area (Å²) in [7, 11) is 0. The van der Waals surface area contributed by atoms with E-state index in [9.17, 15) is 9.18 Å². The number of nitrogens with one attached hydrogen (secondary N) is 1. The molecule has 2 nitrogen and oxygen atoms in total. The fourth-order valence-electron chi connectivity index (χ4n) is 1.79. The van der Waals surface area contributed by atoms with Crippen molar-refractivity contribution >= 4 is 17.7 Å². The highest BCUT2D eigenvalue weighted by Crippen LogP contribution is 2.18. The summed E-state index contributed by atoms with van der Waals surface area (Å²) in [5.74, 6) is 0.0233. The van der Waals surface area contributed by atoms with Crippen LogP contribution >= 0.6 is 11.8 Å². The van der Waals surface area contributed by atoms with Gasteiger partial charge in [-0.2, -0.15) is 0 Å². The lowest BCUT2D eigenvalue weighted by Crippen LogP contribution is -2.28. The van der Waals surface area contributed by atoms with Crippen molar-refractivity contribution < 1.29 is 9.18 Å². The second-order valence-electron chi connectivity index (χ2n) is 4.44. The lowest BCUT2D eigenvalue weighted by atomic mass is 10.1. The second-order valence-corrected chi connectivity index (χ2v) is 5.49. The molecule has 0 radical (unpaired) electrons. The number of thioether (sulfide) groups is 1. The Bertz CT molecular complexity index is 556. The lowest BCUT2D eigenvalue weighted by molar-refractivity contribution is -0.119. The maximum Gasteiger partial charge on any atom is 0.230 e. The Labute approximate surface area is 122 Å². The van der Waals surface area contributed by atoms with Gasteiger partial charge in [-0.3, -0.25) is 4.79 Å². The number of carbonyl (C=O) groups is 1. The van der Waals surface area contributed by atoms with Gasteiger partial charge in [-0.1, -0.05) is 30.3 Å². The molecule has 1 amide bonds. The topological polar surface area (TPSA) is 29.1 Å². The van der Waals surface area contributed by atoms with Gasteiger partial charge < -0.3 is 5.32 Å². The molecule has 4 heteroatoms. The molecule has 0 saturated carbocycles. The van der Waals surface area contributed by atoms with Crippen LogP contribution in [0.15, 0.2) is 59.5 Å². The van der Waals surface area contributed by atoms with E-state index in [1.165, 1.54) is 23.9 Å². The van der Waals surface area contributed by atoms with Crippen molar-refractivity contribution in [2.45, 2.75) is 17.9 Å². The van der Waals surface area contributed by atoms with Crippen LogP contribution in [-0.2, 0) is 4.79 Å². The number of rotatable bonds is 5. The first-order valence-electron chi connectivity index (χ1n) is 6.38. The Kier molecular flexibility index (Phi) is 5.18. The van der Waals surface area contributed by atoms with Gasteiger partial charge in [-0.25, -0.2) is 4.39 Å². The van der Waals surface area contributed by atoms with E-state index in [0.29, 0.717) is 5.75 Å². The summed E-state index contributed by atoms with van der Waals surface area (Å²) in [5.41, 5.74) is 1.08. The molecule has 2 aromatic rings. The van der Waals surface area contributed by atoms with Crippen molar-refractivity contribution in [1.82, 2.24) is 5.32 Å². The normalized spacial score (nSPS) is 11.9. The Balaban J connectivity index is 1.82. The monoisotopic (exact) mass is 289 g/mol. The summed E-state index contributed by atoms with van der Waals surface area (Å²) in [6.07, 6.45) is 0. The molecular formula is C16H16FNOS. The minimum Gasteiger partial charge on any atom is -0.349 e. The summed E-state index contributed by atoms with van der Waals surface area (Å²) in [4.78, 5) is 12.7. The third-order valence-electron chi connectivity index (χ3n) is 2.86. The fourth-order valence-corrected chi connectivity index (χ4v) is 2.50. The minimum absolute atomic E-state index is 0.0162. The molecule has 0 bridgehead atoms. The van der Waals surface area contributed by atoms with Crippen LogP contribution in [0, 0.1) is 5.82 Å². The zero-order valence-electron chi connectivity index (χ0n) is 11.2. The molecule has 1 atom stereocenters. The SMILES string of the molecule is C[C@@H](NC(=O)CSc1ccc(F)cc1)c1ccccc1. The third kappa shape index (κ3) is 4.38. The van der Waals surface area contributed by atoms with Gasteiger partial charge in [0.15, 0.2) is 0 Å². The highest BCUT2D eigenvalue weighted by molar-refractivity contribution is 8.00. The smallest absolute Gasteiger partial charge is 0.230 e. The quantitative estimate of drug-likeness (QED) is 0.848. The predicted octanol–water partition coefficient (Wildman–Crippen LogP) is 3.80. The molecule has 1 N–H and O–H groups in total. The van der Waals surface area contributed by atoms with Crippen molar-refractivity contribution in [1.29, 1.82) is 0 Å². The molecular weight excluding hydrogens is 273 g/mol. The highest BCUT2D eigenvalue weighted by Gasteiger charge is 2.09. The molecule has 0 aliphatic carbocycles. The van der Waals surface area contributed by atoms with Crippen LogP contribution < -0.4 is 5.32 Å². The minimum atomic E-state index is -0.267. The van der Waals surface area contributed by atoms with Crippen molar-refractivity contribution in [3.8, 4) is 0 Å². The molecule has 0 fully saturated rings. The summed E-state index contributed by atoms with van der Waals surface area (Å²) < 4.78 is 12.8. The molecule has 104 valence electrons. The molecule has 20 heavy (non-hydrogen) atoms. The van der Waals surface area contributed by atoms with Gasteiger partial charge in [0.1, 0.15) is 5.82 Å². The van der Waals surface area contributed by atoms with Gasteiger partial charge >= 0.3 is 0 Å². The number of benzene rings is 2. The Morgan fingerprint density at radius 3 is 2.45 bits per heavy atom. The molecule has 2 rings (SSSR count). The van der Waals surface area contributed by atoms with Crippen LogP contribution in [0.3, 0.4) is 0 Å². The van der Waals surface area contributed by atoms with Gasteiger partial charge in [0, 0.05) is 4.90 Å². The number of carbonyl (C=O) groups excluding carboxylic acids is 1. The summed E-state index contributed by atoms with van der Waals surface area (Å²) in [6.45, 7) is 1.95. The highest BCUT2D eigenvalue weighted by atomic mass is 32.2. The fraction of sp³-hybridized carbons (Fsp3) is 0.188. The van der Waals surface area contributed by atoms with Crippen LogP contribution in [0.1, 0.15) is 18.5 Å². The van der Waals surface area contributed by atoms with E-state index in [1.807, 2.05) is 37.3 Å². The maximum atomic E-state index is 12.8.